The summed E-state index contributed by atoms with van der Waals surface area (Å²) in [6.45, 7) is 13.7. The van der Waals surface area contributed by atoms with Crippen LogP contribution in [-0.2, 0) is 4.79 Å². The van der Waals surface area contributed by atoms with Gasteiger partial charge in [0.1, 0.15) is 22.3 Å². The highest BCUT2D eigenvalue weighted by Crippen LogP contribution is 2.45. The van der Waals surface area contributed by atoms with Gasteiger partial charge in [0.25, 0.3) is 5.56 Å². The number of carbonyl (C=O) groups excluding carboxylic acids is 1. The van der Waals surface area contributed by atoms with Crippen molar-refractivity contribution >= 4 is 68.8 Å². The molecule has 3 aromatic rings. The normalized spacial score (nSPS) is 19.7. The molecule has 9 nitrogen and oxygen atoms in total. The van der Waals surface area contributed by atoms with Gasteiger partial charge in [0.05, 0.1) is 38.9 Å². The number of halogens is 5. The lowest BCUT2D eigenvalue weighted by molar-refractivity contribution is -0.130. The molecule has 3 atom stereocenters. The fraction of sp³-hybridized carbons (Fsp3) is 0.333. The molecule has 0 radical (unpaired) electrons. The minimum atomic E-state index is -1.44. The van der Waals surface area contributed by atoms with Gasteiger partial charge in [-0.1, -0.05) is 55.2 Å². The van der Waals surface area contributed by atoms with Gasteiger partial charge < -0.3 is 20.9 Å². The molecule has 1 aromatic carbocycles. The van der Waals surface area contributed by atoms with Crippen LogP contribution in [0.5, 0.6) is 0 Å². The predicted octanol–water partition coefficient (Wildman–Crippen LogP) is 6.74. The molecule has 0 unspecified atom stereocenters. The monoisotopic (exact) mass is 701 g/mol. The summed E-state index contributed by atoms with van der Waals surface area (Å²) in [5.41, 5.74) is 6.17. The van der Waals surface area contributed by atoms with Crippen LogP contribution in [0.1, 0.15) is 40.2 Å². The number of nitrogens with two attached hydrogens (primary N) is 1. The van der Waals surface area contributed by atoms with Crippen molar-refractivity contribution in [3.05, 3.63) is 79.2 Å². The molecule has 4 heterocycles. The van der Waals surface area contributed by atoms with E-state index in [1.807, 2.05) is 39.5 Å². The quantitative estimate of drug-likeness (QED) is 0.131. The van der Waals surface area contributed by atoms with Gasteiger partial charge >= 0.3 is 0 Å². The number of aromatic nitrogens is 2. The number of nitrogens with zero attached hydrogens (tertiary/aromatic N) is 5. The molecule has 14 heteroatoms. The number of piperazine rings is 1. The van der Waals surface area contributed by atoms with Gasteiger partial charge in [0.2, 0.25) is 5.91 Å². The van der Waals surface area contributed by atoms with Crippen LogP contribution in [0.4, 0.5) is 20.2 Å². The highest BCUT2D eigenvalue weighted by atomic mass is 35.5. The number of allylic oxidation sites excluding steroid dienone is 2. The highest BCUT2D eigenvalue weighted by molar-refractivity contribution is 6.40. The minimum absolute atomic E-state index is 0.0175. The van der Waals surface area contributed by atoms with E-state index in [-0.39, 0.29) is 76.2 Å². The highest BCUT2D eigenvalue weighted by Gasteiger charge is 2.36. The van der Waals surface area contributed by atoms with Gasteiger partial charge in [-0.05, 0) is 56.7 Å². The summed E-state index contributed by atoms with van der Waals surface area (Å²) in [5, 5.41) is 12.7. The Bertz CT molecular complexity index is 1980. The SMILES string of the molecule is C=CC(=O)N1[C@H](C)CN(c2c(C#N)c(=O)n(C3=C(C)C=CN[C@@H]3C(C)C)c3nc(-c4c(N)c(Cl)c(F)c(F)c4Cl)c(Cl)cc23)C[C@@H]1C. The second kappa shape index (κ2) is 12.8. The van der Waals surface area contributed by atoms with Crippen LogP contribution in [0.25, 0.3) is 28.0 Å². The number of rotatable bonds is 5. The molecule has 1 saturated heterocycles. The maximum Gasteiger partial charge on any atom is 0.276 e. The molecule has 5 rings (SSSR count). The molecule has 0 bridgehead atoms. The number of amides is 1. The topological polar surface area (TPSA) is 120 Å². The van der Waals surface area contributed by atoms with Crippen molar-refractivity contribution in [3.8, 4) is 17.3 Å². The number of hydrogen-bond donors (Lipinski definition) is 2. The van der Waals surface area contributed by atoms with E-state index >= 15 is 0 Å². The van der Waals surface area contributed by atoms with Gasteiger partial charge in [0, 0.05) is 36.1 Å². The summed E-state index contributed by atoms with van der Waals surface area (Å²) < 4.78 is 30.7. The van der Waals surface area contributed by atoms with Gasteiger partial charge in [-0.25, -0.2) is 13.8 Å². The fourth-order valence-electron chi connectivity index (χ4n) is 6.53. The molecule has 47 heavy (non-hydrogen) atoms. The smallest absolute Gasteiger partial charge is 0.276 e. The molecule has 2 aliphatic heterocycles. The Hall–Kier alpha value is -4.11. The van der Waals surface area contributed by atoms with Crippen LogP contribution >= 0.6 is 34.8 Å². The van der Waals surface area contributed by atoms with E-state index in [1.54, 1.807) is 17.2 Å². The van der Waals surface area contributed by atoms with E-state index in [9.17, 15) is 23.6 Å². The number of nitrogen functional groups attached to an aromatic ring is 1. The first-order valence-electron chi connectivity index (χ1n) is 14.8. The molecule has 246 valence electrons. The van der Waals surface area contributed by atoms with Gasteiger partial charge in [-0.2, -0.15) is 5.26 Å². The number of benzene rings is 1. The van der Waals surface area contributed by atoms with Gasteiger partial charge in [-0.15, -0.1) is 0 Å². The van der Waals surface area contributed by atoms with Crippen molar-refractivity contribution in [1.82, 2.24) is 19.8 Å². The zero-order valence-corrected chi connectivity index (χ0v) is 28.5. The molecule has 0 aliphatic carbocycles. The number of nitriles is 1. The third-order valence-electron chi connectivity index (χ3n) is 8.61. The third kappa shape index (κ3) is 5.52. The average Bonchev–Trinajstić information content (AvgIpc) is 3.02. The molecule has 3 N–H and O–H groups in total. The minimum Gasteiger partial charge on any atom is -0.397 e. The maximum atomic E-state index is 14.9. The van der Waals surface area contributed by atoms with Crippen molar-refractivity contribution in [2.75, 3.05) is 23.7 Å². The summed E-state index contributed by atoms with van der Waals surface area (Å²) >= 11 is 19.2. The standard InChI is InChI=1S/C33H32Cl3F2N7O2/c1-7-21(46)44-16(5)12-43(13-17(44)6)31-18-10-20(34)29(22-23(35)25(37)26(38)24(36)27(22)40)42-32(18)45(33(47)19(31)11-39)30-15(4)8-9-41-28(30)14(2)3/h7-10,14,16-17,28,41H,1,12-13,40H2,2-6H3/t16-,17+,28-/m1/s1. The second-order valence-corrected chi connectivity index (χ2v) is 13.2. The fourth-order valence-corrected chi connectivity index (χ4v) is 7.23. The first-order chi connectivity index (χ1) is 22.2. The van der Waals surface area contributed by atoms with Crippen LogP contribution in [0.2, 0.25) is 15.1 Å². The van der Waals surface area contributed by atoms with E-state index in [1.165, 1.54) is 16.7 Å². The van der Waals surface area contributed by atoms with Crippen LogP contribution in [0, 0.1) is 28.9 Å². The maximum absolute atomic E-state index is 14.9. The number of nitrogens with one attached hydrogen (secondary N) is 1. The van der Waals surface area contributed by atoms with Crippen LogP contribution in [-0.4, -0.2) is 51.6 Å². The average molecular weight is 703 g/mol. The molecule has 2 aliphatic rings. The lowest BCUT2D eigenvalue weighted by Crippen LogP contribution is -2.58. The van der Waals surface area contributed by atoms with Crippen molar-refractivity contribution in [1.29, 1.82) is 5.26 Å². The number of anilines is 2. The number of pyridine rings is 2. The Morgan fingerprint density at radius 2 is 1.81 bits per heavy atom. The van der Waals surface area contributed by atoms with E-state index in [0.717, 1.165) is 5.57 Å². The molecule has 0 spiro atoms. The second-order valence-electron chi connectivity index (χ2n) is 12.1. The Morgan fingerprint density at radius 3 is 2.38 bits per heavy atom. The number of carbonyl (C=O) groups is 1. The summed E-state index contributed by atoms with van der Waals surface area (Å²) in [5.74, 6) is -3.12. The number of hydrogen-bond acceptors (Lipinski definition) is 7. The number of dihydropyridines is 1. The molecule has 2 aromatic heterocycles. The van der Waals surface area contributed by atoms with Gasteiger partial charge in [-0.3, -0.25) is 14.2 Å². The van der Waals surface area contributed by atoms with Gasteiger partial charge in [0.15, 0.2) is 11.6 Å². The third-order valence-corrected chi connectivity index (χ3v) is 9.62. The van der Waals surface area contributed by atoms with Crippen LogP contribution < -0.4 is 21.5 Å². The zero-order chi connectivity index (χ0) is 34.6. The molecule has 0 saturated carbocycles. The zero-order valence-electron chi connectivity index (χ0n) is 26.3. The summed E-state index contributed by atoms with van der Waals surface area (Å²) in [6.07, 6.45) is 4.83. The Morgan fingerprint density at radius 1 is 1.19 bits per heavy atom. The van der Waals surface area contributed by atoms with Crippen molar-refractivity contribution in [2.24, 2.45) is 5.92 Å². The Kier molecular flexibility index (Phi) is 9.34. The lowest BCUT2D eigenvalue weighted by atomic mass is 9.94. The largest absolute Gasteiger partial charge is 0.397 e. The van der Waals surface area contributed by atoms with Crippen molar-refractivity contribution in [3.63, 3.8) is 0 Å². The lowest BCUT2D eigenvalue weighted by Gasteiger charge is -2.45. The summed E-state index contributed by atoms with van der Waals surface area (Å²) in [6, 6.07) is 2.61. The van der Waals surface area contributed by atoms with E-state index < -0.39 is 32.9 Å². The van der Waals surface area contributed by atoms with E-state index in [4.69, 9.17) is 45.5 Å². The number of fused-ring (bicyclic) bond motifs is 1. The van der Waals surface area contributed by atoms with Crippen molar-refractivity contribution < 1.29 is 13.6 Å². The molecule has 1 fully saturated rings. The van der Waals surface area contributed by atoms with Crippen molar-refractivity contribution in [2.45, 2.75) is 52.7 Å². The first-order valence-corrected chi connectivity index (χ1v) is 15.9. The predicted molar refractivity (Wildman–Crippen MR) is 183 cm³/mol. The van der Waals surface area contributed by atoms with Crippen LogP contribution in [0.15, 0.2) is 41.4 Å². The molecule has 1 amide bonds. The summed E-state index contributed by atoms with van der Waals surface area (Å²) in [4.78, 5) is 35.6. The molecular formula is C33H32Cl3F2N7O2. The Balaban J connectivity index is 1.92. The van der Waals surface area contributed by atoms with Crippen LogP contribution in [0.3, 0.4) is 0 Å². The Labute approximate surface area is 285 Å². The first kappa shape index (κ1) is 34.2. The van der Waals surface area contributed by atoms with E-state index in [2.05, 4.69) is 18.0 Å². The van der Waals surface area contributed by atoms with E-state index in [0.29, 0.717) is 11.1 Å². The summed E-state index contributed by atoms with van der Waals surface area (Å²) in [7, 11) is 0. The molecular weight excluding hydrogens is 671 g/mol.